The molecular weight excluding hydrogens is 316 g/mol. The van der Waals surface area contributed by atoms with Crippen molar-refractivity contribution in [3.05, 3.63) is 32.4 Å². The van der Waals surface area contributed by atoms with Crippen LogP contribution in [0.15, 0.2) is 18.5 Å². The Bertz CT molecular complexity index is 822. The molecule has 3 rings (SSSR count). The summed E-state index contributed by atoms with van der Waals surface area (Å²) in [6.07, 6.45) is 1.47. The van der Waals surface area contributed by atoms with Gasteiger partial charge < -0.3 is 9.72 Å². The number of nitrogens with zero attached hydrogens (tertiary/aromatic N) is 3. The van der Waals surface area contributed by atoms with Crippen molar-refractivity contribution in [2.75, 3.05) is 7.11 Å². The third-order valence-electron chi connectivity index (χ3n) is 3.06. The molecule has 104 valence electrons. The van der Waals surface area contributed by atoms with Crippen LogP contribution in [0.25, 0.3) is 11.2 Å². The van der Waals surface area contributed by atoms with Gasteiger partial charge in [-0.15, -0.1) is 11.3 Å². The van der Waals surface area contributed by atoms with Crippen LogP contribution in [-0.2, 0) is 0 Å². The maximum absolute atomic E-state index is 6.00. The molecule has 0 aliphatic rings. The third-order valence-corrected chi connectivity index (χ3v) is 4.76. The fraction of sp³-hybridized carbons (Fsp3) is 0.250. The van der Waals surface area contributed by atoms with Gasteiger partial charge in [0.05, 0.1) is 17.5 Å². The van der Waals surface area contributed by atoms with Crippen LogP contribution in [0.4, 0.5) is 0 Å². The summed E-state index contributed by atoms with van der Waals surface area (Å²) in [7, 11) is 1.57. The van der Waals surface area contributed by atoms with Crippen molar-refractivity contribution in [3.63, 3.8) is 0 Å². The summed E-state index contributed by atoms with van der Waals surface area (Å²) >= 11 is 12.9. The second-order valence-electron chi connectivity index (χ2n) is 4.20. The lowest BCUT2D eigenvalue weighted by Crippen LogP contribution is -2.06. The van der Waals surface area contributed by atoms with Crippen LogP contribution in [0.1, 0.15) is 17.8 Å². The predicted molar refractivity (Wildman–Crippen MR) is 82.4 cm³/mol. The molecule has 3 heterocycles. The lowest BCUT2D eigenvalue weighted by atomic mass is 10.3. The molecule has 3 aromatic rings. The normalized spacial score (nSPS) is 12.8. The number of ether oxygens (including phenoxy) is 1. The quantitative estimate of drug-likeness (QED) is 0.743. The van der Waals surface area contributed by atoms with Crippen LogP contribution < -0.4 is 4.74 Å². The number of fused-ring (bicyclic) bond motifs is 1. The molecule has 5 nitrogen and oxygen atoms in total. The van der Waals surface area contributed by atoms with Gasteiger partial charge in [0.25, 0.3) is 0 Å². The van der Waals surface area contributed by atoms with Gasteiger partial charge in [-0.25, -0.2) is 4.98 Å². The van der Waals surface area contributed by atoms with E-state index in [0.717, 1.165) is 14.9 Å². The molecule has 0 aliphatic heterocycles. The van der Waals surface area contributed by atoms with Crippen molar-refractivity contribution in [1.29, 1.82) is 0 Å². The highest BCUT2D eigenvalue weighted by Gasteiger charge is 2.18. The van der Waals surface area contributed by atoms with Gasteiger partial charge in [0.1, 0.15) is 11.8 Å². The smallest absolute Gasteiger partial charge is 0.242 e. The van der Waals surface area contributed by atoms with Gasteiger partial charge >= 0.3 is 0 Å². The molecule has 0 saturated carbocycles. The molecule has 3 aromatic heterocycles. The van der Waals surface area contributed by atoms with E-state index in [0.29, 0.717) is 16.2 Å². The van der Waals surface area contributed by atoms with Gasteiger partial charge in [-0.2, -0.15) is 4.98 Å². The number of H-pyrrole nitrogens is 1. The summed E-state index contributed by atoms with van der Waals surface area (Å²) < 4.78 is 8.50. The number of aromatic amines is 1. The zero-order valence-electron chi connectivity index (χ0n) is 10.8. The van der Waals surface area contributed by atoms with E-state index < -0.39 is 0 Å². The van der Waals surface area contributed by atoms with E-state index in [9.17, 15) is 0 Å². The van der Waals surface area contributed by atoms with Crippen LogP contribution in [0, 0.1) is 4.77 Å². The number of rotatable bonds is 3. The highest BCUT2D eigenvalue weighted by Crippen LogP contribution is 2.32. The molecule has 0 aliphatic carbocycles. The van der Waals surface area contributed by atoms with Gasteiger partial charge in [-0.1, -0.05) is 11.6 Å². The van der Waals surface area contributed by atoms with Crippen LogP contribution in [0.5, 0.6) is 5.88 Å². The number of aromatic nitrogens is 4. The summed E-state index contributed by atoms with van der Waals surface area (Å²) in [5, 5.41) is 0. The van der Waals surface area contributed by atoms with E-state index in [1.165, 1.54) is 17.7 Å². The van der Waals surface area contributed by atoms with Gasteiger partial charge in [-0.05, 0) is 31.3 Å². The van der Waals surface area contributed by atoms with Crippen molar-refractivity contribution in [2.45, 2.75) is 13.0 Å². The van der Waals surface area contributed by atoms with Crippen molar-refractivity contribution in [2.24, 2.45) is 0 Å². The van der Waals surface area contributed by atoms with Crippen LogP contribution in [-0.4, -0.2) is 26.6 Å². The minimum atomic E-state index is 0.0355. The number of nitrogens with one attached hydrogen (secondary N) is 1. The van der Waals surface area contributed by atoms with E-state index in [4.69, 9.17) is 28.6 Å². The molecular formula is C12H11ClN4OS2. The average Bonchev–Trinajstić information content (AvgIpc) is 3.00. The highest BCUT2D eigenvalue weighted by atomic mass is 35.5. The molecule has 8 heteroatoms. The summed E-state index contributed by atoms with van der Waals surface area (Å²) in [5.74, 6) is 0.483. The first kappa shape index (κ1) is 13.5. The molecule has 1 atom stereocenters. The summed E-state index contributed by atoms with van der Waals surface area (Å²) in [6, 6.07) is 3.91. The van der Waals surface area contributed by atoms with Crippen LogP contribution in [0.3, 0.4) is 0 Å². The summed E-state index contributed by atoms with van der Waals surface area (Å²) in [5.41, 5.74) is 1.42. The van der Waals surface area contributed by atoms with Crippen molar-refractivity contribution in [1.82, 2.24) is 19.5 Å². The molecule has 0 bridgehead atoms. The molecule has 0 fully saturated rings. The van der Waals surface area contributed by atoms with Gasteiger partial charge in [0, 0.05) is 4.88 Å². The van der Waals surface area contributed by atoms with Crippen molar-refractivity contribution in [3.8, 4) is 5.88 Å². The number of thiophene rings is 1. The fourth-order valence-corrected chi connectivity index (χ4v) is 3.56. The van der Waals surface area contributed by atoms with Gasteiger partial charge in [-0.3, -0.25) is 4.57 Å². The first-order chi connectivity index (χ1) is 9.61. The Morgan fingerprint density at radius 1 is 1.45 bits per heavy atom. The lowest BCUT2D eigenvalue weighted by Gasteiger charge is -2.12. The molecule has 1 unspecified atom stereocenters. The second-order valence-corrected chi connectivity index (χ2v) is 6.33. The van der Waals surface area contributed by atoms with Gasteiger partial charge in [0.2, 0.25) is 5.88 Å². The predicted octanol–water partition coefficient (Wildman–Crippen LogP) is 3.82. The second kappa shape index (κ2) is 5.16. The lowest BCUT2D eigenvalue weighted by molar-refractivity contribution is 0.401. The SMILES string of the molecule is COc1ncnc2c1[nH]c(=S)n2C(C)c1ccc(Cl)s1. The molecule has 0 radical (unpaired) electrons. The molecule has 0 aromatic carbocycles. The van der Waals surface area contributed by atoms with E-state index in [1.54, 1.807) is 7.11 Å². The van der Waals surface area contributed by atoms with Crippen molar-refractivity contribution >= 4 is 46.3 Å². The number of halogens is 1. The molecule has 1 N–H and O–H groups in total. The molecule has 20 heavy (non-hydrogen) atoms. The largest absolute Gasteiger partial charge is 0.479 e. The zero-order valence-corrected chi connectivity index (χ0v) is 13.1. The summed E-state index contributed by atoms with van der Waals surface area (Å²) in [6.45, 7) is 2.06. The van der Waals surface area contributed by atoms with E-state index in [-0.39, 0.29) is 6.04 Å². The van der Waals surface area contributed by atoms with Gasteiger partial charge in [0.15, 0.2) is 10.4 Å². The maximum Gasteiger partial charge on any atom is 0.242 e. The Hall–Kier alpha value is -1.44. The van der Waals surface area contributed by atoms with Crippen LogP contribution >= 0.6 is 35.2 Å². The van der Waals surface area contributed by atoms with Crippen molar-refractivity contribution < 1.29 is 4.74 Å². The minimum absolute atomic E-state index is 0.0355. The Labute approximate surface area is 129 Å². The van der Waals surface area contributed by atoms with E-state index in [2.05, 4.69) is 21.9 Å². The Morgan fingerprint density at radius 3 is 2.90 bits per heavy atom. The monoisotopic (exact) mass is 326 g/mol. The minimum Gasteiger partial charge on any atom is -0.479 e. The Kier molecular flexibility index (Phi) is 3.49. The number of methoxy groups -OCH3 is 1. The standard InChI is InChI=1S/C12H11ClN4OS2/c1-6(7-3-4-8(13)20-7)17-10-9(16-12(17)19)11(18-2)15-5-14-10/h3-6H,1-2H3,(H,16,19). The first-order valence-electron chi connectivity index (χ1n) is 5.86. The zero-order chi connectivity index (χ0) is 14.3. The number of hydrogen-bond acceptors (Lipinski definition) is 5. The first-order valence-corrected chi connectivity index (χ1v) is 7.46. The van der Waals surface area contributed by atoms with Crippen LogP contribution in [0.2, 0.25) is 4.34 Å². The Morgan fingerprint density at radius 2 is 2.25 bits per heavy atom. The third kappa shape index (κ3) is 2.11. The highest BCUT2D eigenvalue weighted by molar-refractivity contribution is 7.71. The average molecular weight is 327 g/mol. The Balaban J connectivity index is 2.21. The number of imidazole rings is 1. The molecule has 0 amide bonds. The topological polar surface area (TPSA) is 55.7 Å². The molecule has 0 spiro atoms. The van der Waals surface area contributed by atoms with E-state index >= 15 is 0 Å². The number of hydrogen-bond donors (Lipinski definition) is 1. The summed E-state index contributed by atoms with van der Waals surface area (Å²) in [4.78, 5) is 12.6. The van der Waals surface area contributed by atoms with E-state index in [1.807, 2.05) is 16.7 Å². The molecule has 0 saturated heterocycles. The maximum atomic E-state index is 6.00. The fourth-order valence-electron chi connectivity index (χ4n) is 2.11.